The van der Waals surface area contributed by atoms with Gasteiger partial charge in [-0.3, -0.25) is 0 Å². The fourth-order valence-electron chi connectivity index (χ4n) is 3.43. The van der Waals surface area contributed by atoms with Crippen LogP contribution in [0.4, 0.5) is 5.69 Å². The van der Waals surface area contributed by atoms with Gasteiger partial charge in [-0.15, -0.1) is 0 Å². The summed E-state index contributed by atoms with van der Waals surface area (Å²) in [5.41, 5.74) is 2.02. The topological polar surface area (TPSA) is 75.7 Å². The first-order valence-electron chi connectivity index (χ1n) is 9.57. The van der Waals surface area contributed by atoms with Gasteiger partial charge in [-0.05, 0) is 62.1 Å². The number of hydrogen-bond acceptors (Lipinski definition) is 5. The summed E-state index contributed by atoms with van der Waals surface area (Å²) in [7, 11) is -2.63. The molecule has 2 aromatic rings. The molecule has 0 aromatic heterocycles. The van der Waals surface area contributed by atoms with Gasteiger partial charge in [-0.2, -0.15) is 0 Å². The second-order valence-electron chi connectivity index (χ2n) is 7.12. The number of methoxy groups -OCH3 is 1. The summed E-state index contributed by atoms with van der Waals surface area (Å²) in [5, 5.41) is 0.136. The number of hydrogen-bond donors (Lipinski definition) is 1. The first kappa shape index (κ1) is 21.6. The van der Waals surface area contributed by atoms with E-state index in [0.717, 1.165) is 24.3 Å². The molecule has 0 bridgehead atoms. The zero-order valence-electron chi connectivity index (χ0n) is 16.5. The van der Waals surface area contributed by atoms with E-state index in [0.29, 0.717) is 0 Å². The lowest BCUT2D eigenvalue weighted by Gasteiger charge is -2.29. The summed E-state index contributed by atoms with van der Waals surface area (Å²) in [5.74, 6) is -0.687. The highest BCUT2D eigenvalue weighted by Gasteiger charge is 2.22. The molecule has 3 rings (SSSR count). The minimum atomic E-state index is -3.85. The van der Waals surface area contributed by atoms with Crippen molar-refractivity contribution >= 4 is 33.3 Å². The van der Waals surface area contributed by atoms with Crippen LogP contribution in [0.3, 0.4) is 0 Å². The molecule has 0 unspecified atom stereocenters. The molecule has 1 aliphatic heterocycles. The predicted octanol–water partition coefficient (Wildman–Crippen LogP) is 4.16. The first-order valence-corrected chi connectivity index (χ1v) is 11.4. The molecule has 0 amide bonds. The first-order chi connectivity index (χ1) is 13.8. The maximum absolute atomic E-state index is 12.8. The molecule has 0 spiro atoms. The Hall–Kier alpha value is -2.09. The number of ether oxygens (including phenoxy) is 1. The molecule has 1 heterocycles. The van der Waals surface area contributed by atoms with E-state index in [9.17, 15) is 13.2 Å². The normalized spacial score (nSPS) is 15.8. The van der Waals surface area contributed by atoms with E-state index in [1.165, 1.54) is 44.6 Å². The molecular formula is C21H25ClN2O4S. The Morgan fingerprint density at radius 1 is 1.10 bits per heavy atom. The molecule has 0 saturated carbocycles. The van der Waals surface area contributed by atoms with Crippen molar-refractivity contribution < 1.29 is 17.9 Å². The van der Waals surface area contributed by atoms with Crippen molar-refractivity contribution in [2.24, 2.45) is 0 Å². The van der Waals surface area contributed by atoms with Gasteiger partial charge < -0.3 is 9.64 Å². The van der Waals surface area contributed by atoms with Crippen LogP contribution in [-0.4, -0.2) is 34.6 Å². The van der Waals surface area contributed by atoms with Gasteiger partial charge in [0.1, 0.15) is 0 Å². The maximum atomic E-state index is 12.8. The van der Waals surface area contributed by atoms with E-state index in [2.05, 4.69) is 14.4 Å². The smallest absolute Gasteiger partial charge is 0.339 e. The van der Waals surface area contributed by atoms with Gasteiger partial charge in [0.25, 0.3) is 0 Å². The summed E-state index contributed by atoms with van der Waals surface area (Å²) < 4.78 is 32.9. The second-order valence-corrected chi connectivity index (χ2v) is 9.24. The number of esters is 1. The summed E-state index contributed by atoms with van der Waals surface area (Å²) in [6.45, 7) is 3.89. The van der Waals surface area contributed by atoms with Crippen LogP contribution in [0.2, 0.25) is 5.02 Å². The number of sulfonamides is 1. The number of carbonyl (C=O) groups excluding carboxylic acids is 1. The summed E-state index contributed by atoms with van der Waals surface area (Å²) >= 11 is 5.98. The van der Waals surface area contributed by atoms with Crippen LogP contribution < -0.4 is 9.62 Å². The van der Waals surface area contributed by atoms with Gasteiger partial charge in [0.05, 0.1) is 22.6 Å². The summed E-state index contributed by atoms with van der Waals surface area (Å²) in [4.78, 5) is 14.1. The van der Waals surface area contributed by atoms with Gasteiger partial charge in [-0.25, -0.2) is 17.9 Å². The Morgan fingerprint density at radius 2 is 1.76 bits per heavy atom. The molecule has 1 N–H and O–H groups in total. The zero-order chi connectivity index (χ0) is 21.0. The standard InChI is InChI=1S/C21H25ClN2O4S/c1-15(16-6-8-17(9-7-16)24-12-4-3-5-13-24)23-29(26,27)18-10-11-20(22)19(14-18)21(25)28-2/h6-11,14-15,23H,3-5,12-13H2,1-2H3/t15-/m0/s1. The monoisotopic (exact) mass is 436 g/mol. The van der Waals surface area contributed by atoms with Gasteiger partial charge in [0, 0.05) is 24.8 Å². The van der Waals surface area contributed by atoms with Crippen LogP contribution in [-0.2, 0) is 14.8 Å². The number of nitrogens with zero attached hydrogens (tertiary/aromatic N) is 1. The maximum Gasteiger partial charge on any atom is 0.339 e. The van der Waals surface area contributed by atoms with Crippen LogP contribution in [0.25, 0.3) is 0 Å². The van der Waals surface area contributed by atoms with Crippen LogP contribution in [0.15, 0.2) is 47.4 Å². The average molecular weight is 437 g/mol. The Balaban J connectivity index is 1.75. The Bertz CT molecular complexity index is 971. The number of anilines is 1. The van der Waals surface area contributed by atoms with Crippen molar-refractivity contribution in [3.8, 4) is 0 Å². The molecule has 1 fully saturated rings. The molecule has 1 atom stereocenters. The Labute approximate surface area is 176 Å². The highest BCUT2D eigenvalue weighted by molar-refractivity contribution is 7.89. The van der Waals surface area contributed by atoms with E-state index in [4.69, 9.17) is 11.6 Å². The van der Waals surface area contributed by atoms with Gasteiger partial charge in [0.15, 0.2) is 0 Å². The average Bonchev–Trinajstić information content (AvgIpc) is 2.73. The number of rotatable bonds is 6. The van der Waals surface area contributed by atoms with Crippen molar-refractivity contribution in [2.75, 3.05) is 25.1 Å². The predicted molar refractivity (Wildman–Crippen MR) is 114 cm³/mol. The van der Waals surface area contributed by atoms with Crippen molar-refractivity contribution in [3.63, 3.8) is 0 Å². The molecule has 0 radical (unpaired) electrons. The number of benzene rings is 2. The lowest BCUT2D eigenvalue weighted by Crippen LogP contribution is -2.29. The fourth-order valence-corrected chi connectivity index (χ4v) is 4.89. The second kappa shape index (κ2) is 9.15. The lowest BCUT2D eigenvalue weighted by molar-refractivity contribution is 0.0600. The van der Waals surface area contributed by atoms with Crippen LogP contribution in [0.5, 0.6) is 0 Å². The molecule has 6 nitrogen and oxygen atoms in total. The molecule has 1 saturated heterocycles. The highest BCUT2D eigenvalue weighted by atomic mass is 35.5. The molecule has 156 valence electrons. The number of carbonyl (C=O) groups is 1. The molecule has 8 heteroatoms. The molecule has 2 aromatic carbocycles. The molecular weight excluding hydrogens is 412 g/mol. The number of halogens is 1. The molecule has 0 aliphatic carbocycles. The lowest BCUT2D eigenvalue weighted by atomic mass is 10.1. The number of nitrogens with one attached hydrogen (secondary N) is 1. The zero-order valence-corrected chi connectivity index (χ0v) is 18.1. The summed E-state index contributed by atoms with van der Waals surface area (Å²) in [6.07, 6.45) is 3.68. The van der Waals surface area contributed by atoms with Crippen molar-refractivity contribution in [2.45, 2.75) is 37.1 Å². The minimum Gasteiger partial charge on any atom is -0.465 e. The SMILES string of the molecule is COC(=O)c1cc(S(=O)(=O)N[C@@H](C)c2ccc(N3CCCCC3)cc2)ccc1Cl. The van der Waals surface area contributed by atoms with Crippen LogP contribution in [0.1, 0.15) is 48.1 Å². The molecule has 1 aliphatic rings. The van der Waals surface area contributed by atoms with E-state index < -0.39 is 22.0 Å². The summed E-state index contributed by atoms with van der Waals surface area (Å²) in [6, 6.07) is 11.5. The third-order valence-corrected chi connectivity index (χ3v) is 6.97. The highest BCUT2D eigenvalue weighted by Crippen LogP contribution is 2.25. The third-order valence-electron chi connectivity index (χ3n) is 5.10. The number of piperidine rings is 1. The van der Waals surface area contributed by atoms with Gasteiger partial charge in [0.2, 0.25) is 10.0 Å². The van der Waals surface area contributed by atoms with Crippen LogP contribution >= 0.6 is 11.6 Å². The van der Waals surface area contributed by atoms with E-state index in [1.54, 1.807) is 6.92 Å². The van der Waals surface area contributed by atoms with Crippen molar-refractivity contribution in [3.05, 3.63) is 58.6 Å². The molecule has 29 heavy (non-hydrogen) atoms. The van der Waals surface area contributed by atoms with Crippen LogP contribution in [0, 0.1) is 0 Å². The minimum absolute atomic E-state index is 0.00980. The Kier molecular flexibility index (Phi) is 6.82. The third kappa shape index (κ3) is 5.10. The Morgan fingerprint density at radius 3 is 2.38 bits per heavy atom. The van der Waals surface area contributed by atoms with E-state index in [1.807, 2.05) is 24.3 Å². The van der Waals surface area contributed by atoms with E-state index >= 15 is 0 Å². The van der Waals surface area contributed by atoms with Crippen molar-refractivity contribution in [1.82, 2.24) is 4.72 Å². The van der Waals surface area contributed by atoms with Gasteiger partial charge >= 0.3 is 5.97 Å². The van der Waals surface area contributed by atoms with E-state index in [-0.39, 0.29) is 15.5 Å². The fraction of sp³-hybridized carbons (Fsp3) is 0.381. The largest absolute Gasteiger partial charge is 0.465 e. The van der Waals surface area contributed by atoms with Gasteiger partial charge in [-0.1, -0.05) is 23.7 Å². The van der Waals surface area contributed by atoms with Crippen molar-refractivity contribution in [1.29, 1.82) is 0 Å². The quantitative estimate of drug-likeness (QED) is 0.688.